The van der Waals surface area contributed by atoms with Gasteiger partial charge >= 0.3 is 0 Å². The molecule has 6 aromatic heterocycles. The Hall–Kier alpha value is -8.51. The molecule has 13 heterocycles. The van der Waals surface area contributed by atoms with Crippen molar-refractivity contribution in [3.05, 3.63) is 187 Å². The van der Waals surface area contributed by atoms with Crippen molar-refractivity contribution in [1.82, 2.24) is 48.4 Å². The second-order valence-corrected chi connectivity index (χ2v) is 44.0. The van der Waals surface area contributed by atoms with Crippen molar-refractivity contribution in [1.29, 1.82) is 0 Å². The Morgan fingerprint density at radius 2 is 1.22 bits per heavy atom. The van der Waals surface area contributed by atoms with Gasteiger partial charge in [-0.05, 0) is 187 Å². The van der Waals surface area contributed by atoms with Crippen LogP contribution in [0.2, 0.25) is 0 Å². The first-order valence-corrected chi connectivity index (χ1v) is 45.2. The molecule has 2 atom stereocenters. The first kappa shape index (κ1) is 101. The zero-order valence-corrected chi connectivity index (χ0v) is 81.4. The molecule has 1 amide bonds. The van der Waals surface area contributed by atoms with Crippen LogP contribution in [0.15, 0.2) is 109 Å². The fraction of sp³-hybridized carbons (Fsp3) is 0.625. The minimum Gasteiger partial charge on any atom is -0.493 e. The smallest absolute Gasteiger partial charge is 0.227 e. The number of nitrogens with zero attached hydrogens (tertiary/aromatic N) is 12. The normalized spacial score (nSPS) is 17.0. The van der Waals surface area contributed by atoms with E-state index >= 15 is 0 Å². The van der Waals surface area contributed by atoms with E-state index in [1.807, 2.05) is 43.3 Å². The molecule has 0 aliphatic carbocycles. The maximum atomic E-state index is 12.0. The largest absolute Gasteiger partial charge is 0.493 e. The van der Waals surface area contributed by atoms with Crippen LogP contribution < -0.4 is 29.4 Å². The highest BCUT2D eigenvalue weighted by Gasteiger charge is 2.35. The van der Waals surface area contributed by atoms with Gasteiger partial charge < -0.3 is 37.9 Å². The highest BCUT2D eigenvalue weighted by molar-refractivity contribution is 5.96. The zero-order valence-electron chi connectivity index (χ0n) is 81.4. The molecule has 18 heteroatoms. The van der Waals surface area contributed by atoms with Gasteiger partial charge in [-0.1, -0.05) is 231 Å². The van der Waals surface area contributed by atoms with Crippen LogP contribution in [-0.4, -0.2) is 100 Å². The fourth-order valence-corrected chi connectivity index (χ4v) is 16.0. The highest BCUT2D eigenvalue weighted by atomic mass is 16.5. The topological polar surface area (TPSA) is 167 Å². The molecule has 0 spiro atoms. The number of imidazole rings is 1. The minimum atomic E-state index is -0.0966. The van der Waals surface area contributed by atoms with Gasteiger partial charge in [0.05, 0.1) is 74.4 Å². The number of amides is 1. The van der Waals surface area contributed by atoms with Crippen LogP contribution in [-0.2, 0) is 106 Å². The second-order valence-electron chi connectivity index (χ2n) is 44.0. The Morgan fingerprint density at radius 3 is 1.85 bits per heavy atom. The molecule has 0 N–H and O–H groups in total. The Kier molecular flexibility index (Phi) is 33.9. The summed E-state index contributed by atoms with van der Waals surface area (Å²) in [5.74, 6) is 6.01. The van der Waals surface area contributed by atoms with E-state index in [9.17, 15) is 9.59 Å². The number of para-hydroxylation sites is 1. The number of aromatic nitrogens is 10. The third kappa shape index (κ3) is 27.7. The lowest BCUT2D eigenvalue weighted by Crippen LogP contribution is -2.36. The van der Waals surface area contributed by atoms with Gasteiger partial charge in [0.15, 0.2) is 17.0 Å². The number of carbonyl (C=O) groups is 1. The maximum absolute atomic E-state index is 12.0. The fourth-order valence-electron chi connectivity index (χ4n) is 16.0. The number of likely N-dealkylation sites (N-methyl/N-ethyl adjacent to an activating group) is 1. The quantitative estimate of drug-likeness (QED) is 0.161. The monoisotopic (exact) mass is 1680 g/mol. The molecule has 0 fully saturated rings. The molecule has 16 rings (SSSR count). The Labute approximate surface area is 737 Å². The Balaban J connectivity index is 0.000000191. The molecule has 0 radical (unpaired) electrons. The maximum Gasteiger partial charge on any atom is 0.227 e. The first-order chi connectivity index (χ1) is 56.0. The Morgan fingerprint density at radius 1 is 0.566 bits per heavy atom. The number of aryl methyl sites for hydroxylation is 6. The average molecular weight is 1680 g/mol. The standard InChI is InChI=1S/C16H21NO.C14H19NO.C13H22N2O.C13H18O.C12H18N2O.C12H20N2.C11H18N2.C7H10N2O.C5H12.CH4/c1-5-9-17-10-8-15(18)13-11-12(16(2,3)4)6-7-14(13)17;1-14(2,3)11-7-5-10-6-8-13(16)15(4)12(10)9-11;1-9-11(12(2,3)4)10-7-16-13(5,6)8-15(10)14-9;1-13(2,3)11-8-4-6-10-7-5-9-14-12(10)11;1-12(2,3)9-7-10-11(13-8-9)14(4)5-6-15-10;1-9-6-5-7-11-13-8-10(14(9)11)12(2,3)4;1-11(2,3)9-8-12-13-7-5-4-6-10(9)13;1-6-4-9-7(10-5-6)2-3-8-9;1-5(2,3)4;/h6-8,10-11H,5,9H2,1-4H3;5,7,9H,6,8H2,1-4H3;7-8H2,1-6H3;4,6,8H,5,7,9H2,1-3H3;7-8H,5-6H2,1-4H3;8-9H,5-7H2,1-4H3;8H,4-7H2,1-3H3;2-3,6H,4-5H2,1H3;1-4H3;1H4. The lowest BCUT2D eigenvalue weighted by Gasteiger charge is -2.32. The van der Waals surface area contributed by atoms with Gasteiger partial charge in [0.1, 0.15) is 18.2 Å². The van der Waals surface area contributed by atoms with Crippen LogP contribution in [0.5, 0.6) is 17.4 Å². The van der Waals surface area contributed by atoms with Crippen molar-refractivity contribution in [3.63, 3.8) is 0 Å². The van der Waals surface area contributed by atoms with Crippen molar-refractivity contribution < 1.29 is 23.7 Å². The zero-order chi connectivity index (χ0) is 89.9. The van der Waals surface area contributed by atoms with Crippen LogP contribution in [0.3, 0.4) is 0 Å². The van der Waals surface area contributed by atoms with Crippen molar-refractivity contribution in [3.8, 4) is 17.4 Å². The molecule has 0 bridgehead atoms. The predicted octanol–water partition coefficient (Wildman–Crippen LogP) is 24.1. The summed E-state index contributed by atoms with van der Waals surface area (Å²) in [5.41, 5.74) is 19.5. The second kappa shape index (κ2) is 41.1. The minimum absolute atomic E-state index is 0. The molecule has 3 aromatic carbocycles. The molecular formula is C104H162N12O6. The highest BCUT2D eigenvalue weighted by Crippen LogP contribution is 2.40. The van der Waals surface area contributed by atoms with Gasteiger partial charge in [-0.3, -0.25) is 19.0 Å². The van der Waals surface area contributed by atoms with Crippen LogP contribution in [0.25, 0.3) is 10.9 Å². The number of benzene rings is 3. The summed E-state index contributed by atoms with van der Waals surface area (Å²) in [7, 11) is 3.91. The van der Waals surface area contributed by atoms with Gasteiger partial charge in [-0.2, -0.15) is 15.3 Å². The number of rotatable bonds is 2. The van der Waals surface area contributed by atoms with Crippen LogP contribution in [0.1, 0.15) is 339 Å². The number of hydrogen-bond donors (Lipinski definition) is 0. The molecule has 0 saturated heterocycles. The summed E-state index contributed by atoms with van der Waals surface area (Å²) in [5, 5.41) is 14.0. The third-order valence-electron chi connectivity index (χ3n) is 22.8. The number of carbonyl (C=O) groups excluding carboxylic acids is 1. The van der Waals surface area contributed by atoms with E-state index in [0.717, 1.165) is 124 Å². The summed E-state index contributed by atoms with van der Waals surface area (Å²) in [6.07, 6.45) is 22.2. The molecule has 2 unspecified atom stereocenters. The first-order valence-electron chi connectivity index (χ1n) is 45.2. The van der Waals surface area contributed by atoms with Crippen molar-refractivity contribution in [2.75, 3.05) is 50.3 Å². The van der Waals surface area contributed by atoms with Crippen LogP contribution in [0.4, 0.5) is 11.5 Å². The lowest BCUT2D eigenvalue weighted by atomic mass is 9.84. The van der Waals surface area contributed by atoms with Gasteiger partial charge in [0, 0.05) is 116 Å². The number of anilines is 2. The van der Waals surface area contributed by atoms with Crippen LogP contribution in [0, 0.1) is 18.3 Å². The van der Waals surface area contributed by atoms with Gasteiger partial charge in [0.2, 0.25) is 11.8 Å². The number of hydrogen-bond acceptors (Lipinski definition) is 12. The molecule has 9 aromatic rings. The molecule has 674 valence electrons. The van der Waals surface area contributed by atoms with Crippen molar-refractivity contribution >= 4 is 28.3 Å². The molecule has 0 saturated carbocycles. The summed E-state index contributed by atoms with van der Waals surface area (Å²) in [6.45, 7) is 76.3. The predicted molar refractivity (Wildman–Crippen MR) is 510 cm³/mol. The molecular weight excluding hydrogens is 1510 g/mol. The van der Waals surface area contributed by atoms with E-state index in [0.29, 0.717) is 30.4 Å². The number of pyridine rings is 2. The Bertz CT molecular complexity index is 4920. The van der Waals surface area contributed by atoms with E-state index in [4.69, 9.17) is 18.9 Å². The van der Waals surface area contributed by atoms with E-state index in [2.05, 4.69) is 330 Å². The van der Waals surface area contributed by atoms with E-state index in [-0.39, 0.29) is 62.3 Å². The van der Waals surface area contributed by atoms with Gasteiger partial charge in [-0.15, -0.1) is 0 Å². The molecule has 18 nitrogen and oxygen atoms in total. The number of ether oxygens (including phenoxy) is 4. The summed E-state index contributed by atoms with van der Waals surface area (Å²) in [6, 6.07) is 25.6. The third-order valence-corrected chi connectivity index (χ3v) is 22.8. The van der Waals surface area contributed by atoms with E-state index < -0.39 is 0 Å². The molecule has 122 heavy (non-hydrogen) atoms. The van der Waals surface area contributed by atoms with Crippen molar-refractivity contribution in [2.45, 2.75) is 375 Å². The lowest BCUT2D eigenvalue weighted by molar-refractivity contribution is -0.118. The average Bonchev–Trinajstić information content (AvgIpc) is 1.63. The van der Waals surface area contributed by atoms with Crippen LogP contribution >= 0.6 is 0 Å². The summed E-state index contributed by atoms with van der Waals surface area (Å²) >= 11 is 0. The SMILES string of the molecule is C.CC(C)(C)C.CC(C)(C)c1cccc2c1OCCC2.CC(C)(C)c1cnn2c1CCCC2.CC1CCCc2ncc(C(C)(C)C)n21.CC1COc2ccnn2C1.CCCn1ccc(=O)c2cc(C(C)(C)C)ccc21.CN1C(=O)CCc2ccc(C(C)(C)C)cc21.CN1CCOc2cc(C(C)(C)C)cnc21.Cc1nn2c(c1C(C)(C)C)COC(C)(C)C2. The van der Waals surface area contributed by atoms with Gasteiger partial charge in [-0.25, -0.2) is 14.6 Å². The summed E-state index contributed by atoms with van der Waals surface area (Å²) < 4.78 is 33.5. The molecule has 7 aliphatic rings. The van der Waals surface area contributed by atoms with Crippen molar-refractivity contribution in [2.24, 2.45) is 11.3 Å². The summed E-state index contributed by atoms with van der Waals surface area (Å²) in [4.78, 5) is 36.6. The van der Waals surface area contributed by atoms with Gasteiger partial charge in [0.25, 0.3) is 0 Å². The van der Waals surface area contributed by atoms with E-state index in [1.165, 1.54) is 106 Å². The molecule has 7 aliphatic heterocycles. The number of fused-ring (bicyclic) bond motifs is 8. The van der Waals surface area contributed by atoms with E-state index in [1.54, 1.807) is 17.2 Å².